The molecule has 1 fully saturated rings. The minimum Gasteiger partial charge on any atom is -0.330 e. The molecule has 0 atom stereocenters. The summed E-state index contributed by atoms with van der Waals surface area (Å²) in [5.74, 6) is 0.0746. The van der Waals surface area contributed by atoms with E-state index in [9.17, 15) is 4.79 Å². The Bertz CT molecular complexity index is 450. The van der Waals surface area contributed by atoms with Crippen LogP contribution in [0.1, 0.15) is 31.2 Å². The number of nitrogens with two attached hydrogens (primary N) is 1. The first kappa shape index (κ1) is 13.6. The van der Waals surface area contributed by atoms with Gasteiger partial charge in [-0.15, -0.1) is 0 Å². The van der Waals surface area contributed by atoms with Crippen molar-refractivity contribution < 1.29 is 4.79 Å². The number of carbonyl (C=O) groups is 1. The Labute approximate surface area is 116 Å². The van der Waals surface area contributed by atoms with E-state index in [4.69, 9.17) is 5.73 Å². The van der Waals surface area contributed by atoms with Crippen LogP contribution in [-0.4, -0.2) is 12.5 Å². The summed E-state index contributed by atoms with van der Waals surface area (Å²) >= 11 is 3.41. The van der Waals surface area contributed by atoms with Crippen LogP contribution in [0, 0.1) is 12.3 Å². The average Bonchev–Trinajstić information content (AvgIpc) is 2.27. The molecule has 1 aromatic rings. The largest absolute Gasteiger partial charge is 0.330 e. The van der Waals surface area contributed by atoms with Crippen LogP contribution in [0.4, 0.5) is 5.69 Å². The summed E-state index contributed by atoms with van der Waals surface area (Å²) in [6, 6.07) is 5.86. The zero-order valence-corrected chi connectivity index (χ0v) is 12.2. The van der Waals surface area contributed by atoms with Gasteiger partial charge in [-0.1, -0.05) is 22.4 Å². The summed E-state index contributed by atoms with van der Waals surface area (Å²) in [5, 5.41) is 2.98. The van der Waals surface area contributed by atoms with Gasteiger partial charge in [0.2, 0.25) is 5.91 Å². The first-order valence-corrected chi connectivity index (χ1v) is 7.10. The molecule has 0 saturated heterocycles. The molecule has 1 aliphatic rings. The molecular formula is C14H19BrN2O. The minimum absolute atomic E-state index is 0.0628. The van der Waals surface area contributed by atoms with Crippen LogP contribution in [0.5, 0.6) is 0 Å². The molecule has 0 aromatic heterocycles. The summed E-state index contributed by atoms with van der Waals surface area (Å²) in [7, 11) is 0. The molecule has 0 aliphatic heterocycles. The Balaban J connectivity index is 1.98. The third-order valence-electron chi connectivity index (χ3n) is 3.85. The molecule has 98 valence electrons. The molecule has 0 unspecified atom stereocenters. The van der Waals surface area contributed by atoms with Crippen molar-refractivity contribution in [3.05, 3.63) is 28.2 Å². The van der Waals surface area contributed by atoms with E-state index in [1.165, 1.54) is 6.42 Å². The van der Waals surface area contributed by atoms with Crippen LogP contribution in [0.2, 0.25) is 0 Å². The lowest BCUT2D eigenvalue weighted by Gasteiger charge is -2.40. The van der Waals surface area contributed by atoms with Gasteiger partial charge in [-0.25, -0.2) is 0 Å². The molecule has 1 amide bonds. The van der Waals surface area contributed by atoms with Crippen molar-refractivity contribution in [2.75, 3.05) is 11.9 Å². The maximum absolute atomic E-state index is 12.0. The lowest BCUT2D eigenvalue weighted by Crippen LogP contribution is -2.40. The zero-order chi connectivity index (χ0) is 13.2. The van der Waals surface area contributed by atoms with Crippen molar-refractivity contribution in [3.8, 4) is 0 Å². The lowest BCUT2D eigenvalue weighted by molar-refractivity contribution is -0.119. The molecule has 4 heteroatoms. The second kappa shape index (κ2) is 5.41. The second-order valence-corrected chi connectivity index (χ2v) is 6.16. The third kappa shape index (κ3) is 2.93. The molecule has 3 N–H and O–H groups in total. The van der Waals surface area contributed by atoms with E-state index in [1.54, 1.807) is 0 Å². The first-order chi connectivity index (χ1) is 8.54. The van der Waals surface area contributed by atoms with E-state index in [2.05, 4.69) is 21.2 Å². The lowest BCUT2D eigenvalue weighted by atomic mass is 9.66. The maximum Gasteiger partial charge on any atom is 0.224 e. The molecule has 0 bridgehead atoms. The van der Waals surface area contributed by atoms with Crippen LogP contribution < -0.4 is 11.1 Å². The van der Waals surface area contributed by atoms with Crippen molar-refractivity contribution >= 4 is 27.5 Å². The number of carbonyl (C=O) groups excluding carboxylic acids is 1. The van der Waals surface area contributed by atoms with Crippen LogP contribution in [-0.2, 0) is 4.79 Å². The third-order valence-corrected chi connectivity index (χ3v) is 4.34. The molecule has 2 rings (SSSR count). The molecule has 1 saturated carbocycles. The SMILES string of the molecule is Cc1cc(Br)ccc1NC(=O)CC1(CN)CCC1. The van der Waals surface area contributed by atoms with Gasteiger partial charge < -0.3 is 11.1 Å². The van der Waals surface area contributed by atoms with Crippen molar-refractivity contribution in [1.29, 1.82) is 0 Å². The predicted molar refractivity (Wildman–Crippen MR) is 77.5 cm³/mol. The summed E-state index contributed by atoms with van der Waals surface area (Å²) in [4.78, 5) is 12.0. The molecule has 1 aromatic carbocycles. The summed E-state index contributed by atoms with van der Waals surface area (Å²) in [6.07, 6.45) is 3.90. The average molecular weight is 311 g/mol. The monoisotopic (exact) mass is 310 g/mol. The van der Waals surface area contributed by atoms with Gasteiger partial charge >= 0.3 is 0 Å². The van der Waals surface area contributed by atoms with Crippen molar-refractivity contribution in [2.45, 2.75) is 32.6 Å². The Morgan fingerprint density at radius 3 is 2.72 bits per heavy atom. The molecule has 18 heavy (non-hydrogen) atoms. The van der Waals surface area contributed by atoms with Crippen LogP contribution in [0.15, 0.2) is 22.7 Å². The Morgan fingerprint density at radius 2 is 2.22 bits per heavy atom. The molecule has 0 radical (unpaired) electrons. The van der Waals surface area contributed by atoms with Crippen LogP contribution >= 0.6 is 15.9 Å². The van der Waals surface area contributed by atoms with Crippen molar-refractivity contribution in [3.63, 3.8) is 0 Å². The Kier molecular flexibility index (Phi) is 4.07. The van der Waals surface area contributed by atoms with E-state index in [0.717, 1.165) is 28.6 Å². The second-order valence-electron chi connectivity index (χ2n) is 5.24. The molecular weight excluding hydrogens is 292 g/mol. The number of amides is 1. The van der Waals surface area contributed by atoms with E-state index in [-0.39, 0.29) is 11.3 Å². The first-order valence-electron chi connectivity index (χ1n) is 6.31. The molecule has 1 aliphatic carbocycles. The summed E-state index contributed by atoms with van der Waals surface area (Å²) < 4.78 is 1.02. The van der Waals surface area contributed by atoms with Gasteiger partial charge in [0.05, 0.1) is 0 Å². The number of aryl methyl sites for hydroxylation is 1. The number of halogens is 1. The van der Waals surface area contributed by atoms with Gasteiger partial charge in [0.25, 0.3) is 0 Å². The summed E-state index contributed by atoms with van der Waals surface area (Å²) in [5.41, 5.74) is 7.78. The fourth-order valence-electron chi connectivity index (χ4n) is 2.43. The number of hydrogen-bond acceptors (Lipinski definition) is 2. The fourth-order valence-corrected chi connectivity index (χ4v) is 2.91. The zero-order valence-electron chi connectivity index (χ0n) is 10.6. The molecule has 0 heterocycles. The summed E-state index contributed by atoms with van der Waals surface area (Å²) in [6.45, 7) is 2.60. The number of benzene rings is 1. The van der Waals surface area contributed by atoms with Gasteiger partial charge in [0.15, 0.2) is 0 Å². The highest BCUT2D eigenvalue weighted by atomic mass is 79.9. The van der Waals surface area contributed by atoms with Crippen molar-refractivity contribution in [1.82, 2.24) is 0 Å². The number of hydrogen-bond donors (Lipinski definition) is 2. The standard InChI is InChI=1S/C14H19BrN2O/c1-10-7-11(15)3-4-12(10)17-13(18)8-14(9-16)5-2-6-14/h3-4,7H,2,5-6,8-9,16H2,1H3,(H,17,18). The Morgan fingerprint density at radius 1 is 1.50 bits per heavy atom. The normalized spacial score (nSPS) is 17.1. The quantitative estimate of drug-likeness (QED) is 0.897. The highest BCUT2D eigenvalue weighted by Crippen LogP contribution is 2.43. The smallest absolute Gasteiger partial charge is 0.224 e. The minimum atomic E-state index is 0.0628. The van der Waals surface area contributed by atoms with Gasteiger partial charge in [-0.05, 0) is 55.5 Å². The molecule has 0 spiro atoms. The van der Waals surface area contributed by atoms with E-state index >= 15 is 0 Å². The topological polar surface area (TPSA) is 55.1 Å². The molecule has 3 nitrogen and oxygen atoms in total. The number of rotatable bonds is 4. The van der Waals surface area contributed by atoms with Gasteiger partial charge in [0.1, 0.15) is 0 Å². The van der Waals surface area contributed by atoms with Crippen molar-refractivity contribution in [2.24, 2.45) is 11.1 Å². The van der Waals surface area contributed by atoms with Gasteiger partial charge in [-0.2, -0.15) is 0 Å². The van der Waals surface area contributed by atoms with Gasteiger partial charge in [0, 0.05) is 16.6 Å². The highest BCUT2D eigenvalue weighted by molar-refractivity contribution is 9.10. The maximum atomic E-state index is 12.0. The Hall–Kier alpha value is -0.870. The number of nitrogens with one attached hydrogen (secondary N) is 1. The fraction of sp³-hybridized carbons (Fsp3) is 0.500. The van der Waals surface area contributed by atoms with E-state index in [1.807, 2.05) is 25.1 Å². The van der Waals surface area contributed by atoms with E-state index < -0.39 is 0 Å². The van der Waals surface area contributed by atoms with Gasteiger partial charge in [-0.3, -0.25) is 4.79 Å². The van der Waals surface area contributed by atoms with Crippen LogP contribution in [0.3, 0.4) is 0 Å². The predicted octanol–water partition coefficient (Wildman–Crippen LogP) is 3.22. The number of anilines is 1. The van der Waals surface area contributed by atoms with Crippen LogP contribution in [0.25, 0.3) is 0 Å². The van der Waals surface area contributed by atoms with E-state index in [0.29, 0.717) is 13.0 Å². The highest BCUT2D eigenvalue weighted by Gasteiger charge is 2.37.